The van der Waals surface area contributed by atoms with Crippen molar-refractivity contribution in [1.29, 1.82) is 0 Å². The van der Waals surface area contributed by atoms with E-state index in [-0.39, 0.29) is 23.8 Å². The molecule has 25 heavy (non-hydrogen) atoms. The summed E-state index contributed by atoms with van der Waals surface area (Å²) in [6, 6.07) is 9.77. The lowest BCUT2D eigenvalue weighted by Gasteiger charge is -2.39. The molecule has 1 aromatic carbocycles. The Kier molecular flexibility index (Phi) is 7.98. The van der Waals surface area contributed by atoms with Crippen LogP contribution in [0.1, 0.15) is 39.2 Å². The Morgan fingerprint density at radius 1 is 1.16 bits per heavy atom. The van der Waals surface area contributed by atoms with Crippen molar-refractivity contribution in [3.8, 4) is 0 Å². The Bertz CT molecular complexity index is 563. The number of carbonyl (C=O) groups is 2. The standard InChI is InChI=1S/C19H30O5Si/c1-19(2,3)25(4,5)24-17(11-16(20)12-18(21)22)14-23-13-15-9-7-6-8-10-15/h6-10,17H,11-14H2,1-5H3,(H,21,22). The molecule has 1 atom stereocenters. The van der Waals surface area contributed by atoms with Crippen LogP contribution in [-0.2, 0) is 25.4 Å². The second kappa shape index (κ2) is 9.27. The molecule has 0 bridgehead atoms. The molecule has 0 aliphatic rings. The molecule has 1 unspecified atom stereocenters. The van der Waals surface area contributed by atoms with Crippen molar-refractivity contribution in [2.45, 2.75) is 64.5 Å². The van der Waals surface area contributed by atoms with Crippen LogP contribution in [0.3, 0.4) is 0 Å². The summed E-state index contributed by atoms with van der Waals surface area (Å²) >= 11 is 0. The Hall–Kier alpha value is -1.50. The quantitative estimate of drug-likeness (QED) is 0.500. The fourth-order valence-electron chi connectivity index (χ4n) is 2.11. The smallest absolute Gasteiger partial charge is 0.310 e. The summed E-state index contributed by atoms with van der Waals surface area (Å²) in [6.07, 6.45) is -0.833. The van der Waals surface area contributed by atoms with E-state index in [1.165, 1.54) is 0 Å². The number of carboxylic acid groups (broad SMARTS) is 1. The van der Waals surface area contributed by atoms with Gasteiger partial charge in [0.15, 0.2) is 8.32 Å². The first kappa shape index (κ1) is 21.5. The van der Waals surface area contributed by atoms with E-state index in [1.807, 2.05) is 30.3 Å². The Balaban J connectivity index is 2.69. The van der Waals surface area contributed by atoms with E-state index in [1.54, 1.807) is 0 Å². The number of hydrogen-bond acceptors (Lipinski definition) is 4. The first-order valence-corrected chi connectivity index (χ1v) is 11.4. The van der Waals surface area contributed by atoms with E-state index in [2.05, 4.69) is 33.9 Å². The SMILES string of the molecule is CC(C)(C)[Si](C)(C)OC(COCc1ccccc1)CC(=O)CC(=O)O. The maximum absolute atomic E-state index is 11.9. The highest BCUT2D eigenvalue weighted by Crippen LogP contribution is 2.37. The molecule has 1 rings (SSSR count). The lowest BCUT2D eigenvalue weighted by Crippen LogP contribution is -2.45. The van der Waals surface area contributed by atoms with E-state index >= 15 is 0 Å². The third-order valence-corrected chi connectivity index (χ3v) is 9.02. The predicted molar refractivity (Wildman–Crippen MR) is 100 cm³/mol. The summed E-state index contributed by atoms with van der Waals surface area (Å²) in [5, 5.41) is 8.80. The minimum absolute atomic E-state index is 0.000521. The molecule has 0 spiro atoms. The summed E-state index contributed by atoms with van der Waals surface area (Å²) in [5.41, 5.74) is 1.05. The van der Waals surface area contributed by atoms with Crippen molar-refractivity contribution in [2.75, 3.05) is 6.61 Å². The van der Waals surface area contributed by atoms with Gasteiger partial charge in [-0.2, -0.15) is 0 Å². The molecule has 0 aliphatic heterocycles. The van der Waals surface area contributed by atoms with Crippen LogP contribution in [0.25, 0.3) is 0 Å². The van der Waals surface area contributed by atoms with E-state index in [4.69, 9.17) is 14.3 Å². The maximum atomic E-state index is 11.9. The van der Waals surface area contributed by atoms with Gasteiger partial charge in [0.05, 0.1) is 19.3 Å². The van der Waals surface area contributed by atoms with Crippen LogP contribution in [-0.4, -0.2) is 37.9 Å². The third kappa shape index (κ3) is 7.94. The van der Waals surface area contributed by atoms with E-state index in [0.717, 1.165) is 5.56 Å². The van der Waals surface area contributed by atoms with Gasteiger partial charge in [-0.05, 0) is 23.7 Å². The number of Topliss-reactive ketones (excluding diaryl/α,β-unsaturated/α-hetero) is 1. The average Bonchev–Trinajstić information content (AvgIpc) is 2.45. The zero-order chi connectivity index (χ0) is 19.1. The second-order valence-corrected chi connectivity index (χ2v) is 12.6. The monoisotopic (exact) mass is 366 g/mol. The van der Waals surface area contributed by atoms with Crippen LogP contribution >= 0.6 is 0 Å². The Morgan fingerprint density at radius 3 is 2.28 bits per heavy atom. The Morgan fingerprint density at radius 2 is 1.76 bits per heavy atom. The average molecular weight is 367 g/mol. The second-order valence-electron chi connectivity index (χ2n) is 7.81. The van der Waals surface area contributed by atoms with Crippen molar-refractivity contribution in [3.05, 3.63) is 35.9 Å². The van der Waals surface area contributed by atoms with Gasteiger partial charge in [-0.15, -0.1) is 0 Å². The van der Waals surface area contributed by atoms with Crippen molar-refractivity contribution >= 4 is 20.1 Å². The fourth-order valence-corrected chi connectivity index (χ4v) is 3.44. The van der Waals surface area contributed by atoms with Crippen molar-refractivity contribution in [3.63, 3.8) is 0 Å². The number of carboxylic acids is 1. The third-order valence-electron chi connectivity index (χ3n) is 4.49. The zero-order valence-corrected chi connectivity index (χ0v) is 16.9. The summed E-state index contributed by atoms with van der Waals surface area (Å²) in [7, 11) is -2.08. The molecule has 0 amide bonds. The first-order chi connectivity index (χ1) is 11.5. The van der Waals surface area contributed by atoms with Gasteiger partial charge in [0.25, 0.3) is 0 Å². The highest BCUT2D eigenvalue weighted by atomic mass is 28.4. The molecule has 0 saturated heterocycles. The number of aliphatic carboxylic acids is 1. The zero-order valence-electron chi connectivity index (χ0n) is 15.9. The topological polar surface area (TPSA) is 72.8 Å². The summed E-state index contributed by atoms with van der Waals surface area (Å²) in [5.74, 6) is -1.44. The van der Waals surface area contributed by atoms with E-state index < -0.39 is 26.8 Å². The first-order valence-electron chi connectivity index (χ1n) is 8.54. The molecular formula is C19H30O5Si. The van der Waals surface area contributed by atoms with Gasteiger partial charge >= 0.3 is 5.97 Å². The number of hydrogen-bond donors (Lipinski definition) is 1. The molecule has 0 fully saturated rings. The van der Waals surface area contributed by atoms with Crippen LogP contribution in [0.15, 0.2) is 30.3 Å². The molecular weight excluding hydrogens is 336 g/mol. The normalized spacial score (nSPS) is 13.5. The van der Waals surface area contributed by atoms with Crippen LogP contribution < -0.4 is 0 Å². The summed E-state index contributed by atoms with van der Waals surface area (Å²) in [4.78, 5) is 22.7. The maximum Gasteiger partial charge on any atom is 0.310 e. The lowest BCUT2D eigenvalue weighted by atomic mass is 10.1. The molecule has 0 aliphatic carbocycles. The highest BCUT2D eigenvalue weighted by molar-refractivity contribution is 6.74. The number of carbonyl (C=O) groups excluding carboxylic acids is 1. The van der Waals surface area contributed by atoms with Crippen molar-refractivity contribution in [1.82, 2.24) is 0 Å². The number of benzene rings is 1. The summed E-state index contributed by atoms with van der Waals surface area (Å²) < 4.78 is 12.0. The van der Waals surface area contributed by atoms with Gasteiger partial charge in [-0.1, -0.05) is 51.1 Å². The van der Waals surface area contributed by atoms with Crippen molar-refractivity contribution in [2.24, 2.45) is 0 Å². The van der Waals surface area contributed by atoms with Gasteiger partial charge in [0.2, 0.25) is 0 Å². The molecule has 5 nitrogen and oxygen atoms in total. The van der Waals surface area contributed by atoms with Crippen molar-refractivity contribution < 1.29 is 23.9 Å². The van der Waals surface area contributed by atoms with Crippen LogP contribution in [0, 0.1) is 0 Å². The van der Waals surface area contributed by atoms with Gasteiger partial charge < -0.3 is 14.3 Å². The highest BCUT2D eigenvalue weighted by Gasteiger charge is 2.39. The van der Waals surface area contributed by atoms with Crippen LogP contribution in [0.4, 0.5) is 0 Å². The fraction of sp³-hybridized carbons (Fsp3) is 0.579. The molecule has 1 N–H and O–H groups in total. The predicted octanol–water partition coefficient (Wildman–Crippen LogP) is 4.03. The minimum atomic E-state index is -2.08. The molecule has 1 aromatic rings. The number of rotatable bonds is 10. The molecule has 0 radical (unpaired) electrons. The van der Waals surface area contributed by atoms with E-state index in [9.17, 15) is 9.59 Å². The van der Waals surface area contributed by atoms with E-state index in [0.29, 0.717) is 6.61 Å². The summed E-state index contributed by atoms with van der Waals surface area (Å²) in [6.45, 7) is 11.3. The van der Waals surface area contributed by atoms with Gasteiger partial charge in [0.1, 0.15) is 12.2 Å². The number of ketones is 1. The van der Waals surface area contributed by atoms with Gasteiger partial charge in [-0.25, -0.2) is 0 Å². The molecule has 140 valence electrons. The van der Waals surface area contributed by atoms with Gasteiger partial charge in [-0.3, -0.25) is 9.59 Å². The molecule has 0 aromatic heterocycles. The van der Waals surface area contributed by atoms with Crippen LogP contribution in [0.5, 0.6) is 0 Å². The molecule has 0 heterocycles. The van der Waals surface area contributed by atoms with Gasteiger partial charge in [0, 0.05) is 6.42 Å². The molecule has 0 saturated carbocycles. The minimum Gasteiger partial charge on any atom is -0.481 e. The number of ether oxygens (including phenoxy) is 1. The molecule has 6 heteroatoms. The van der Waals surface area contributed by atoms with Crippen LogP contribution in [0.2, 0.25) is 18.1 Å². The largest absolute Gasteiger partial charge is 0.481 e. The lowest BCUT2D eigenvalue weighted by molar-refractivity contribution is -0.140. The Labute approximate surface area is 151 Å².